The number of carbonyl (C=O) groups is 1. The zero-order chi connectivity index (χ0) is 29.1. The van der Waals surface area contributed by atoms with E-state index in [9.17, 15) is 9.90 Å². The minimum atomic E-state index is -0.458. The summed E-state index contributed by atoms with van der Waals surface area (Å²) in [7, 11) is 3.20. The number of unbranched alkanes of at least 4 members (excludes halogenated alkanes) is 1. The first-order valence-electron chi connectivity index (χ1n) is 13.7. The maximum atomic E-state index is 13.9. The number of amides is 1. The van der Waals surface area contributed by atoms with Gasteiger partial charge in [0, 0.05) is 22.7 Å². The monoisotopic (exact) mass is 575 g/mol. The lowest BCUT2D eigenvalue weighted by Crippen LogP contribution is -2.31. The van der Waals surface area contributed by atoms with E-state index in [4.69, 9.17) is 25.8 Å². The molecule has 0 bridgehead atoms. The highest BCUT2D eigenvalue weighted by Crippen LogP contribution is 2.46. The lowest BCUT2D eigenvalue weighted by molar-refractivity contribution is 0.0745. The van der Waals surface area contributed by atoms with Crippen molar-refractivity contribution in [3.8, 4) is 34.3 Å². The van der Waals surface area contributed by atoms with Gasteiger partial charge in [-0.2, -0.15) is 5.10 Å². The highest BCUT2D eigenvalue weighted by molar-refractivity contribution is 6.31. The summed E-state index contributed by atoms with van der Waals surface area (Å²) in [6, 6.07) is 16.4. The number of methoxy groups -OCH3 is 2. The summed E-state index contributed by atoms with van der Waals surface area (Å²) in [5.41, 5.74) is 4.69. The number of H-pyrrole nitrogens is 1. The second kappa shape index (κ2) is 12.1. The van der Waals surface area contributed by atoms with E-state index in [0.29, 0.717) is 58.6 Å². The van der Waals surface area contributed by atoms with Crippen molar-refractivity contribution in [2.75, 3.05) is 27.4 Å². The van der Waals surface area contributed by atoms with Crippen LogP contribution in [-0.4, -0.2) is 53.5 Å². The molecule has 4 aromatic rings. The Hall–Kier alpha value is -4.17. The molecule has 1 aromatic heterocycles. The van der Waals surface area contributed by atoms with E-state index in [0.717, 1.165) is 35.3 Å². The van der Waals surface area contributed by atoms with Crippen molar-refractivity contribution in [1.82, 2.24) is 15.1 Å². The molecule has 2 N–H and O–H groups in total. The van der Waals surface area contributed by atoms with Crippen molar-refractivity contribution in [2.24, 2.45) is 0 Å². The number of hydrogen-bond donors (Lipinski definition) is 2. The molecule has 1 aliphatic heterocycles. The molecule has 1 atom stereocenters. The Balaban J connectivity index is 1.56. The van der Waals surface area contributed by atoms with E-state index in [2.05, 4.69) is 17.1 Å². The molecular formula is C32H34ClN3O5. The predicted octanol–water partition coefficient (Wildman–Crippen LogP) is 6.73. The van der Waals surface area contributed by atoms with Crippen LogP contribution in [0.1, 0.15) is 58.5 Å². The normalized spacial score (nSPS) is 14.3. The number of benzene rings is 3. The van der Waals surface area contributed by atoms with E-state index >= 15 is 0 Å². The van der Waals surface area contributed by atoms with Crippen LogP contribution in [-0.2, 0) is 6.42 Å². The molecule has 0 fully saturated rings. The van der Waals surface area contributed by atoms with Gasteiger partial charge in [-0.15, -0.1) is 0 Å². The molecular weight excluding hydrogens is 542 g/mol. The minimum absolute atomic E-state index is 0.0489. The number of halogens is 1. The summed E-state index contributed by atoms with van der Waals surface area (Å²) in [4.78, 5) is 15.7. The van der Waals surface area contributed by atoms with Crippen LogP contribution in [0.3, 0.4) is 0 Å². The molecule has 9 heteroatoms. The number of nitrogens with one attached hydrogen (secondary N) is 1. The smallest absolute Gasteiger partial charge is 0.273 e. The van der Waals surface area contributed by atoms with Crippen LogP contribution in [0.25, 0.3) is 11.3 Å². The largest absolute Gasteiger partial charge is 0.507 e. The third-order valence-electron chi connectivity index (χ3n) is 7.43. The summed E-state index contributed by atoms with van der Waals surface area (Å²) in [5, 5.41) is 18.8. The van der Waals surface area contributed by atoms with E-state index < -0.39 is 6.04 Å². The second-order valence-electron chi connectivity index (χ2n) is 10.1. The fourth-order valence-corrected chi connectivity index (χ4v) is 5.39. The first-order chi connectivity index (χ1) is 19.9. The molecule has 0 saturated heterocycles. The fourth-order valence-electron chi connectivity index (χ4n) is 5.23. The molecule has 41 heavy (non-hydrogen) atoms. The molecule has 0 radical (unpaired) electrons. The third kappa shape index (κ3) is 5.57. The van der Waals surface area contributed by atoms with Gasteiger partial charge in [0.25, 0.3) is 5.91 Å². The van der Waals surface area contributed by atoms with Crippen molar-refractivity contribution in [3.05, 3.63) is 87.6 Å². The Morgan fingerprint density at radius 2 is 1.88 bits per heavy atom. The summed E-state index contributed by atoms with van der Waals surface area (Å²) >= 11 is 6.45. The van der Waals surface area contributed by atoms with Crippen LogP contribution in [0.2, 0.25) is 5.02 Å². The molecule has 0 spiro atoms. The van der Waals surface area contributed by atoms with Gasteiger partial charge in [-0.3, -0.25) is 9.89 Å². The van der Waals surface area contributed by atoms with Gasteiger partial charge in [0.2, 0.25) is 0 Å². The Kier molecular flexibility index (Phi) is 8.40. The lowest BCUT2D eigenvalue weighted by Gasteiger charge is -2.27. The van der Waals surface area contributed by atoms with Gasteiger partial charge < -0.3 is 24.2 Å². The fraction of sp³-hybridized carbons (Fsp3) is 0.312. The molecule has 0 aliphatic carbocycles. The molecule has 214 valence electrons. The number of ether oxygens (including phenoxy) is 3. The first-order valence-corrected chi connectivity index (χ1v) is 14.1. The number of hydrogen-bond acceptors (Lipinski definition) is 6. The standard InChI is InChI=1S/C32H34ClN3O5/c1-5-6-14-41-22-9-7-8-21(17-22)31-28-29(23-18-24(33)19(2)15-25(23)37)34-35-30(28)32(38)36(31)13-12-20-10-11-26(39-3)27(16-20)40-4/h7-11,15-18,31,37H,5-6,12-14H2,1-4H3,(H,34,35). The van der Waals surface area contributed by atoms with Crippen LogP contribution in [0.4, 0.5) is 0 Å². The van der Waals surface area contributed by atoms with E-state index in [1.165, 1.54) is 0 Å². The Labute approximate surface area is 244 Å². The summed E-state index contributed by atoms with van der Waals surface area (Å²) < 4.78 is 16.9. The van der Waals surface area contributed by atoms with Crippen molar-refractivity contribution in [3.63, 3.8) is 0 Å². The highest BCUT2D eigenvalue weighted by atomic mass is 35.5. The number of aromatic nitrogens is 2. The highest BCUT2D eigenvalue weighted by Gasteiger charge is 2.42. The van der Waals surface area contributed by atoms with Gasteiger partial charge in [0.15, 0.2) is 11.5 Å². The van der Waals surface area contributed by atoms with Crippen LogP contribution >= 0.6 is 11.6 Å². The molecule has 5 rings (SSSR count). The van der Waals surface area contributed by atoms with Gasteiger partial charge >= 0.3 is 0 Å². The number of rotatable bonds is 11. The Morgan fingerprint density at radius 1 is 1.07 bits per heavy atom. The van der Waals surface area contributed by atoms with Crippen molar-refractivity contribution in [2.45, 2.75) is 39.2 Å². The SMILES string of the molecule is CCCCOc1cccc(C2c3c(-c4cc(Cl)c(C)cc4O)n[nH]c3C(=O)N2CCc2ccc(OC)c(OC)c2)c1. The van der Waals surface area contributed by atoms with Crippen LogP contribution in [0.5, 0.6) is 23.0 Å². The second-order valence-corrected chi connectivity index (χ2v) is 10.5. The summed E-state index contributed by atoms with van der Waals surface area (Å²) in [5.74, 6) is 1.90. The molecule has 0 saturated carbocycles. The van der Waals surface area contributed by atoms with Gasteiger partial charge in [-0.25, -0.2) is 0 Å². The molecule has 1 aliphatic rings. The minimum Gasteiger partial charge on any atom is -0.507 e. The zero-order valence-electron chi connectivity index (χ0n) is 23.7. The summed E-state index contributed by atoms with van der Waals surface area (Å²) in [6.07, 6.45) is 2.57. The summed E-state index contributed by atoms with van der Waals surface area (Å²) in [6.45, 7) is 5.00. The van der Waals surface area contributed by atoms with E-state index in [1.807, 2.05) is 54.3 Å². The quantitative estimate of drug-likeness (QED) is 0.193. The van der Waals surface area contributed by atoms with Crippen molar-refractivity contribution >= 4 is 17.5 Å². The topological polar surface area (TPSA) is 96.9 Å². The van der Waals surface area contributed by atoms with Gasteiger partial charge in [-0.1, -0.05) is 43.1 Å². The first kappa shape index (κ1) is 28.4. The van der Waals surface area contributed by atoms with Gasteiger partial charge in [-0.05, 0) is 72.9 Å². The Morgan fingerprint density at radius 3 is 2.63 bits per heavy atom. The zero-order valence-corrected chi connectivity index (χ0v) is 24.4. The number of phenolic OH excluding ortho intramolecular Hbond substituents is 1. The maximum Gasteiger partial charge on any atom is 0.273 e. The van der Waals surface area contributed by atoms with Gasteiger partial charge in [0.1, 0.15) is 22.9 Å². The van der Waals surface area contributed by atoms with Crippen LogP contribution in [0, 0.1) is 6.92 Å². The van der Waals surface area contributed by atoms with E-state index in [1.54, 1.807) is 26.4 Å². The number of nitrogens with zero attached hydrogens (tertiary/aromatic N) is 2. The number of aromatic hydroxyl groups is 1. The van der Waals surface area contributed by atoms with Crippen molar-refractivity contribution in [1.29, 1.82) is 0 Å². The van der Waals surface area contributed by atoms with Crippen LogP contribution < -0.4 is 14.2 Å². The average Bonchev–Trinajstić information content (AvgIpc) is 3.52. The maximum absolute atomic E-state index is 13.9. The average molecular weight is 576 g/mol. The lowest BCUT2D eigenvalue weighted by atomic mass is 9.95. The number of fused-ring (bicyclic) bond motifs is 1. The van der Waals surface area contributed by atoms with Crippen molar-refractivity contribution < 1.29 is 24.1 Å². The molecule has 8 nitrogen and oxygen atoms in total. The molecule has 1 unspecified atom stereocenters. The number of phenols is 1. The number of aryl methyl sites for hydroxylation is 1. The molecule has 1 amide bonds. The molecule has 3 aromatic carbocycles. The number of carbonyl (C=O) groups excluding carboxylic acids is 1. The number of aromatic amines is 1. The molecule has 2 heterocycles. The van der Waals surface area contributed by atoms with Crippen LogP contribution in [0.15, 0.2) is 54.6 Å². The third-order valence-corrected chi connectivity index (χ3v) is 7.83. The van der Waals surface area contributed by atoms with E-state index in [-0.39, 0.29) is 11.7 Å². The predicted molar refractivity (Wildman–Crippen MR) is 158 cm³/mol. The van der Waals surface area contributed by atoms with Gasteiger partial charge in [0.05, 0.1) is 26.9 Å². The Bertz CT molecular complexity index is 1570.